The molecule has 3 fully saturated rings. The number of halogens is 5. The quantitative estimate of drug-likeness (QED) is 0.0898. The SMILES string of the molecule is O=C1C2CC3C(=CCC4C(=O)N(c5cccc([N+](=O)[O-])c5)C(=O)C43)C(c3ccc(CO)o3)C2(c2ccc(Cl)cc2)C(=O)N1Nc1ncc(C(F)(F)F)cc1Cl. The Bertz CT molecular complexity index is 2350. The predicted molar refractivity (Wildman–Crippen MR) is 187 cm³/mol. The van der Waals surface area contributed by atoms with E-state index in [1.165, 1.54) is 36.4 Å². The number of nitrogens with zero attached hydrogens (tertiary/aromatic N) is 4. The molecule has 4 aliphatic rings. The van der Waals surface area contributed by atoms with Gasteiger partial charge in [-0.1, -0.05) is 53.1 Å². The Morgan fingerprint density at radius 2 is 1.75 bits per heavy atom. The fraction of sp³-hybridized carbons (Fsp3) is 0.270. The summed E-state index contributed by atoms with van der Waals surface area (Å²) in [4.78, 5) is 73.8. The van der Waals surface area contributed by atoms with Gasteiger partial charge >= 0.3 is 6.18 Å². The molecule has 0 spiro atoms. The van der Waals surface area contributed by atoms with Crippen molar-refractivity contribution in [1.82, 2.24) is 9.99 Å². The highest BCUT2D eigenvalue weighted by Crippen LogP contribution is 2.64. The van der Waals surface area contributed by atoms with E-state index in [0.717, 1.165) is 11.0 Å². The monoisotopic (exact) mass is 795 g/mol. The molecule has 2 saturated heterocycles. The number of allylic oxidation sites excluding steroid dienone is 2. The van der Waals surface area contributed by atoms with Gasteiger partial charge in [-0.3, -0.25) is 34.7 Å². The van der Waals surface area contributed by atoms with Crippen molar-refractivity contribution in [3.8, 4) is 0 Å². The smallest absolute Gasteiger partial charge is 0.417 e. The van der Waals surface area contributed by atoms with Gasteiger partial charge in [0.25, 0.3) is 17.5 Å². The van der Waals surface area contributed by atoms with Crippen LogP contribution in [0.15, 0.2) is 89.0 Å². The molecule has 2 N–H and O–H groups in total. The first kappa shape index (κ1) is 36.4. The van der Waals surface area contributed by atoms with E-state index in [4.69, 9.17) is 27.6 Å². The summed E-state index contributed by atoms with van der Waals surface area (Å²) in [6.45, 7) is -0.513. The fourth-order valence-electron chi connectivity index (χ4n) is 8.73. The van der Waals surface area contributed by atoms with Crippen LogP contribution >= 0.6 is 23.2 Å². The number of pyridine rings is 1. The number of furan rings is 1. The lowest BCUT2D eigenvalue weighted by Gasteiger charge is -2.49. The third kappa shape index (κ3) is 5.53. The Kier molecular flexibility index (Phi) is 8.62. The number of alkyl halides is 3. The molecule has 282 valence electrons. The van der Waals surface area contributed by atoms with Gasteiger partial charge in [0.2, 0.25) is 11.8 Å². The molecule has 4 heterocycles. The van der Waals surface area contributed by atoms with Crippen LogP contribution in [0.25, 0.3) is 0 Å². The Balaban J connectivity index is 1.28. The van der Waals surface area contributed by atoms with Gasteiger partial charge in [-0.25, -0.2) is 9.88 Å². The maximum absolute atomic E-state index is 15.2. The molecule has 2 aliphatic carbocycles. The van der Waals surface area contributed by atoms with Gasteiger partial charge in [0.1, 0.15) is 23.5 Å². The van der Waals surface area contributed by atoms with E-state index in [1.807, 2.05) is 0 Å². The number of nitrogens with one attached hydrogen (secondary N) is 1. The van der Waals surface area contributed by atoms with Crippen LogP contribution in [0.2, 0.25) is 10.0 Å². The number of hydrazine groups is 1. The van der Waals surface area contributed by atoms with Crippen molar-refractivity contribution in [2.45, 2.75) is 37.0 Å². The molecule has 6 unspecified atom stereocenters. The normalized spacial score (nSPS) is 26.1. The lowest BCUT2D eigenvalue weighted by Crippen LogP contribution is -2.53. The van der Waals surface area contributed by atoms with E-state index >= 15 is 4.79 Å². The standard InChI is InChI=1S/C37H26Cl2F3N5O8/c38-19-6-4-17(5-7-19)36-26(33(50)46(35(36)52)44-31-27(39)12-18(15-43-31)37(40,41)42)14-25-23(30(36)28-11-8-22(16-48)55-28)9-10-24-29(25)34(51)45(32(24)49)20-2-1-3-21(13-20)47(53)54/h1-9,11-13,15,24-26,29-30,48H,10,14,16H2,(H,43,44). The van der Waals surface area contributed by atoms with Gasteiger partial charge in [-0.05, 0) is 60.7 Å². The summed E-state index contributed by atoms with van der Waals surface area (Å²) >= 11 is 12.5. The highest BCUT2D eigenvalue weighted by Gasteiger charge is 2.71. The summed E-state index contributed by atoms with van der Waals surface area (Å²) in [6.07, 6.45) is -2.66. The van der Waals surface area contributed by atoms with Gasteiger partial charge in [-0.15, -0.1) is 0 Å². The molecule has 8 rings (SSSR count). The maximum atomic E-state index is 15.2. The molecular weight excluding hydrogens is 770 g/mol. The molecule has 18 heteroatoms. The number of carbonyl (C=O) groups excluding carboxylic acids is 4. The first-order valence-corrected chi connectivity index (χ1v) is 17.6. The largest absolute Gasteiger partial charge is 0.463 e. The topological polar surface area (TPSA) is 176 Å². The van der Waals surface area contributed by atoms with E-state index in [-0.39, 0.29) is 35.7 Å². The number of aliphatic hydroxyl groups excluding tert-OH is 1. The number of amides is 4. The van der Waals surface area contributed by atoms with Crippen LogP contribution in [0.4, 0.5) is 30.4 Å². The third-order valence-electron chi connectivity index (χ3n) is 11.0. The van der Waals surface area contributed by atoms with Crippen molar-refractivity contribution >= 4 is 64.0 Å². The van der Waals surface area contributed by atoms with Gasteiger partial charge < -0.3 is 9.52 Å². The zero-order valence-corrected chi connectivity index (χ0v) is 29.5. The average Bonchev–Trinajstić information content (AvgIpc) is 3.79. The van der Waals surface area contributed by atoms with E-state index in [9.17, 15) is 42.8 Å². The van der Waals surface area contributed by atoms with Crippen LogP contribution in [0.5, 0.6) is 0 Å². The van der Waals surface area contributed by atoms with Crippen molar-refractivity contribution < 1.29 is 46.8 Å². The van der Waals surface area contributed by atoms with Crippen LogP contribution in [0.3, 0.4) is 0 Å². The number of hydrogen-bond acceptors (Lipinski definition) is 10. The Labute approximate surface area is 318 Å². The highest BCUT2D eigenvalue weighted by atomic mass is 35.5. The van der Waals surface area contributed by atoms with Gasteiger partial charge in [-0.2, -0.15) is 18.2 Å². The molecule has 2 aromatic carbocycles. The summed E-state index contributed by atoms with van der Waals surface area (Å²) in [5, 5.41) is 22.0. The molecule has 55 heavy (non-hydrogen) atoms. The number of benzene rings is 2. The summed E-state index contributed by atoms with van der Waals surface area (Å²) < 4.78 is 46.4. The molecule has 1 saturated carbocycles. The lowest BCUT2D eigenvalue weighted by molar-refractivity contribution is -0.384. The molecule has 0 radical (unpaired) electrons. The summed E-state index contributed by atoms with van der Waals surface area (Å²) in [5.74, 6) is -8.27. The molecular formula is C37H26Cl2F3N5O8. The molecule has 2 aromatic heterocycles. The Hall–Kier alpha value is -5.58. The van der Waals surface area contributed by atoms with Crippen molar-refractivity contribution in [1.29, 1.82) is 0 Å². The minimum Gasteiger partial charge on any atom is -0.463 e. The second kappa shape index (κ2) is 13.0. The number of non-ortho nitro benzene ring substituents is 1. The van der Waals surface area contributed by atoms with Crippen molar-refractivity contribution in [2.75, 3.05) is 10.3 Å². The van der Waals surface area contributed by atoms with Crippen molar-refractivity contribution in [3.63, 3.8) is 0 Å². The molecule has 4 aromatic rings. The van der Waals surface area contributed by atoms with Crippen LogP contribution in [0.1, 0.15) is 41.4 Å². The average molecular weight is 797 g/mol. The van der Waals surface area contributed by atoms with Gasteiger partial charge in [0.05, 0.1) is 44.9 Å². The lowest BCUT2D eigenvalue weighted by atomic mass is 9.50. The predicted octanol–water partition coefficient (Wildman–Crippen LogP) is 6.59. The summed E-state index contributed by atoms with van der Waals surface area (Å²) in [6, 6.07) is 14.9. The van der Waals surface area contributed by atoms with Gasteiger partial charge in [0, 0.05) is 23.4 Å². The Morgan fingerprint density at radius 3 is 2.40 bits per heavy atom. The first-order valence-electron chi connectivity index (χ1n) is 16.8. The third-order valence-corrected chi connectivity index (χ3v) is 11.5. The number of carbonyl (C=O) groups is 4. The van der Waals surface area contributed by atoms with Gasteiger partial charge in [0.15, 0.2) is 5.82 Å². The first-order chi connectivity index (χ1) is 26.2. The highest BCUT2D eigenvalue weighted by molar-refractivity contribution is 6.33. The minimum atomic E-state index is -4.78. The van der Waals surface area contributed by atoms with Crippen LogP contribution in [-0.2, 0) is 37.4 Å². The number of hydrogen-bond donors (Lipinski definition) is 2. The molecule has 13 nitrogen and oxygen atoms in total. The molecule has 2 aliphatic heterocycles. The zero-order chi connectivity index (χ0) is 39.1. The van der Waals surface area contributed by atoms with E-state index in [1.54, 1.807) is 24.3 Å². The molecule has 6 atom stereocenters. The summed E-state index contributed by atoms with van der Waals surface area (Å²) in [7, 11) is 0. The molecule has 0 bridgehead atoms. The van der Waals surface area contributed by atoms with E-state index < -0.39 is 92.7 Å². The number of nitro benzene ring substituents is 1. The fourth-order valence-corrected chi connectivity index (χ4v) is 9.06. The summed E-state index contributed by atoms with van der Waals surface area (Å²) in [5.41, 5.74) is 0.0416. The number of anilines is 2. The number of fused-ring (bicyclic) bond motifs is 4. The number of rotatable bonds is 7. The van der Waals surface area contributed by atoms with Crippen molar-refractivity contribution in [3.05, 3.63) is 127 Å². The van der Waals surface area contributed by atoms with Crippen molar-refractivity contribution in [2.24, 2.45) is 23.7 Å². The zero-order valence-electron chi connectivity index (χ0n) is 28.0. The number of imide groups is 2. The van der Waals surface area contributed by atoms with E-state index in [2.05, 4.69) is 10.4 Å². The minimum absolute atomic E-state index is 0.00468. The number of aromatic nitrogens is 1. The van der Waals surface area contributed by atoms with Crippen LogP contribution < -0.4 is 10.3 Å². The van der Waals surface area contributed by atoms with Crippen LogP contribution in [0, 0.1) is 33.8 Å². The van der Waals surface area contributed by atoms with E-state index in [0.29, 0.717) is 33.4 Å². The molecule has 4 amide bonds. The Morgan fingerprint density at radius 1 is 1.00 bits per heavy atom. The second-order valence-corrected chi connectivity index (χ2v) is 14.5. The number of nitro groups is 1. The maximum Gasteiger partial charge on any atom is 0.417 e. The number of aliphatic hydroxyl groups is 1. The van der Waals surface area contributed by atoms with Crippen LogP contribution in [-0.4, -0.2) is 43.7 Å². The second-order valence-electron chi connectivity index (χ2n) is 13.7.